The quantitative estimate of drug-likeness (QED) is 0.619. The van der Waals surface area contributed by atoms with Gasteiger partial charge in [-0.25, -0.2) is 13.6 Å². The number of primary sulfonamides is 1. The van der Waals surface area contributed by atoms with Crippen molar-refractivity contribution >= 4 is 37.8 Å². The number of nitrogens with zero attached hydrogens (tertiary/aromatic N) is 2. The third-order valence-corrected chi connectivity index (χ3v) is 7.46. The van der Waals surface area contributed by atoms with Crippen molar-refractivity contribution in [3.8, 4) is 0 Å². The van der Waals surface area contributed by atoms with Gasteiger partial charge in [-0.3, -0.25) is 9.59 Å². The fourth-order valence-electron chi connectivity index (χ4n) is 4.01. The molecule has 168 valence electrons. The van der Waals surface area contributed by atoms with Crippen LogP contribution in [0, 0.1) is 11.8 Å². The lowest BCUT2D eigenvalue weighted by Gasteiger charge is -2.18. The lowest BCUT2D eigenvalue weighted by Crippen LogP contribution is -2.34. The summed E-state index contributed by atoms with van der Waals surface area (Å²) in [5.74, 6) is -0.0971. The summed E-state index contributed by atoms with van der Waals surface area (Å²) in [5, 5.41) is 8.21. The first-order valence-electron chi connectivity index (χ1n) is 10.1. The maximum atomic E-state index is 13.1. The number of sulfonamides is 1. The molecule has 10 heteroatoms. The molecule has 2 heterocycles. The summed E-state index contributed by atoms with van der Waals surface area (Å²) in [6.07, 6.45) is 2.64. The average molecular weight is 511 g/mol. The fraction of sp³-hybridized carbons (Fsp3) is 0.429. The van der Waals surface area contributed by atoms with Crippen molar-refractivity contribution in [1.29, 1.82) is 0 Å². The Hall–Kier alpha value is -2.17. The Labute approximate surface area is 191 Å². The third-order valence-electron chi connectivity index (χ3n) is 5.86. The van der Waals surface area contributed by atoms with Crippen molar-refractivity contribution in [1.82, 2.24) is 14.8 Å². The zero-order valence-corrected chi connectivity index (χ0v) is 20.2. The summed E-state index contributed by atoms with van der Waals surface area (Å²) in [5.41, 5.74) is 1.90. The van der Waals surface area contributed by atoms with E-state index in [2.05, 4.69) is 21.2 Å². The van der Waals surface area contributed by atoms with E-state index in [1.807, 2.05) is 37.7 Å². The monoisotopic (exact) mass is 510 g/mol. The van der Waals surface area contributed by atoms with Crippen LogP contribution in [0.1, 0.15) is 40.3 Å². The van der Waals surface area contributed by atoms with Crippen molar-refractivity contribution in [2.24, 2.45) is 24.0 Å². The summed E-state index contributed by atoms with van der Waals surface area (Å²) >= 11 is 3.32. The second-order valence-electron chi connectivity index (χ2n) is 7.98. The van der Waals surface area contributed by atoms with Crippen molar-refractivity contribution in [3.05, 3.63) is 51.8 Å². The highest BCUT2D eigenvalue weighted by Crippen LogP contribution is 2.28. The highest BCUT2D eigenvalue weighted by Gasteiger charge is 2.34. The maximum Gasteiger partial charge on any atom is 0.255 e. The Bertz CT molecular complexity index is 1110. The summed E-state index contributed by atoms with van der Waals surface area (Å²) in [6.45, 7) is 5.51. The van der Waals surface area contributed by atoms with Gasteiger partial charge >= 0.3 is 0 Å². The summed E-state index contributed by atoms with van der Waals surface area (Å²) in [4.78, 5) is 27.3. The Morgan fingerprint density at radius 3 is 2.58 bits per heavy atom. The minimum absolute atomic E-state index is 0.0990. The number of hydrogen-bond donors (Lipinski definition) is 2. The van der Waals surface area contributed by atoms with Crippen LogP contribution in [0.2, 0.25) is 0 Å². The fourth-order valence-corrected chi connectivity index (χ4v) is 4.97. The molecule has 2 unspecified atom stereocenters. The van der Waals surface area contributed by atoms with Gasteiger partial charge in [-0.15, -0.1) is 0 Å². The summed E-state index contributed by atoms with van der Waals surface area (Å²) in [7, 11) is -1.99. The highest BCUT2D eigenvalue weighted by atomic mass is 79.9. The molecule has 3 N–H and O–H groups in total. The third kappa shape index (κ3) is 5.02. The number of likely N-dealkylation sites (tertiary alicyclic amines) is 1. The van der Waals surface area contributed by atoms with Crippen LogP contribution >= 0.6 is 15.9 Å². The number of amides is 2. The molecule has 0 spiro atoms. The zero-order chi connectivity index (χ0) is 22.9. The normalized spacial score (nSPS) is 18.9. The molecule has 8 nitrogen and oxygen atoms in total. The Morgan fingerprint density at radius 1 is 1.23 bits per heavy atom. The molecule has 1 aromatic carbocycles. The summed E-state index contributed by atoms with van der Waals surface area (Å²) < 4.78 is 25.8. The number of aryl methyl sites for hydroxylation is 1. The second-order valence-corrected chi connectivity index (χ2v) is 10.4. The minimum Gasteiger partial charge on any atom is -0.354 e. The largest absolute Gasteiger partial charge is 0.354 e. The Balaban J connectivity index is 1.68. The smallest absolute Gasteiger partial charge is 0.255 e. The maximum absolute atomic E-state index is 13.1. The predicted molar refractivity (Wildman–Crippen MR) is 121 cm³/mol. The number of halogens is 1. The lowest BCUT2D eigenvalue weighted by molar-refractivity contribution is 0.0783. The van der Waals surface area contributed by atoms with E-state index in [1.165, 1.54) is 18.2 Å². The van der Waals surface area contributed by atoms with Crippen LogP contribution in [0.15, 0.2) is 39.8 Å². The zero-order valence-electron chi connectivity index (χ0n) is 17.8. The minimum atomic E-state index is -3.91. The van der Waals surface area contributed by atoms with Crippen LogP contribution in [-0.2, 0) is 23.5 Å². The topological polar surface area (TPSA) is 114 Å². The van der Waals surface area contributed by atoms with Gasteiger partial charge in [-0.2, -0.15) is 0 Å². The molecular weight excluding hydrogens is 484 g/mol. The molecule has 0 bridgehead atoms. The van der Waals surface area contributed by atoms with Crippen molar-refractivity contribution in [2.75, 3.05) is 19.6 Å². The van der Waals surface area contributed by atoms with Gasteiger partial charge in [0.05, 0.1) is 16.0 Å². The van der Waals surface area contributed by atoms with Gasteiger partial charge in [0, 0.05) is 43.0 Å². The van der Waals surface area contributed by atoms with Gasteiger partial charge in [-0.05, 0) is 58.5 Å². The molecule has 31 heavy (non-hydrogen) atoms. The Morgan fingerprint density at radius 2 is 1.94 bits per heavy atom. The molecule has 1 fully saturated rings. The van der Waals surface area contributed by atoms with E-state index in [1.54, 1.807) is 4.90 Å². The molecule has 2 atom stereocenters. The van der Waals surface area contributed by atoms with Crippen molar-refractivity contribution in [3.63, 3.8) is 0 Å². The van der Waals surface area contributed by atoms with Crippen molar-refractivity contribution in [2.45, 2.75) is 25.2 Å². The number of nitrogens with two attached hydrogens (primary N) is 1. The lowest BCUT2D eigenvalue weighted by atomic mass is 9.98. The number of aromatic nitrogens is 1. The van der Waals surface area contributed by atoms with E-state index < -0.39 is 10.0 Å². The van der Waals surface area contributed by atoms with Gasteiger partial charge in [0.15, 0.2) is 0 Å². The molecular formula is C21H27BrN4O4S. The number of nitrogens with one attached hydrogen (secondary N) is 1. The van der Waals surface area contributed by atoms with Gasteiger partial charge < -0.3 is 14.8 Å². The molecule has 1 aliphatic rings. The number of rotatable bonds is 6. The first kappa shape index (κ1) is 23.5. The van der Waals surface area contributed by atoms with Gasteiger partial charge in [0.25, 0.3) is 11.8 Å². The van der Waals surface area contributed by atoms with E-state index in [9.17, 15) is 18.0 Å². The van der Waals surface area contributed by atoms with Crippen LogP contribution in [0.5, 0.6) is 0 Å². The van der Waals surface area contributed by atoms with Gasteiger partial charge in [0.2, 0.25) is 10.0 Å². The van der Waals surface area contributed by atoms with Crippen LogP contribution in [0.3, 0.4) is 0 Å². The molecule has 0 radical (unpaired) electrons. The molecule has 1 aliphatic heterocycles. The van der Waals surface area contributed by atoms with Crippen LogP contribution in [-0.4, -0.2) is 49.3 Å². The van der Waals surface area contributed by atoms with E-state index in [-0.39, 0.29) is 34.1 Å². The van der Waals surface area contributed by atoms with E-state index in [0.717, 1.165) is 12.1 Å². The number of hydrogen-bond acceptors (Lipinski definition) is 4. The molecule has 1 aromatic heterocycles. The van der Waals surface area contributed by atoms with Gasteiger partial charge in [-0.1, -0.05) is 13.8 Å². The number of carbonyl (C=O) groups excluding carboxylic acids is 2. The van der Waals surface area contributed by atoms with E-state index in [0.29, 0.717) is 29.7 Å². The molecule has 2 aromatic rings. The van der Waals surface area contributed by atoms with Crippen LogP contribution in [0.4, 0.5) is 0 Å². The van der Waals surface area contributed by atoms with Gasteiger partial charge in [0.1, 0.15) is 0 Å². The van der Waals surface area contributed by atoms with E-state index in [4.69, 9.17) is 5.14 Å². The second kappa shape index (κ2) is 9.13. The molecule has 1 saturated heterocycles. The van der Waals surface area contributed by atoms with E-state index >= 15 is 0 Å². The van der Waals surface area contributed by atoms with Crippen LogP contribution in [0.25, 0.3) is 0 Å². The molecule has 3 rings (SSSR count). The number of benzene rings is 1. The predicted octanol–water partition coefficient (Wildman–Crippen LogP) is 2.14. The number of carbonyl (C=O) groups is 2. The average Bonchev–Trinajstić information content (AvgIpc) is 3.27. The Kier molecular flexibility index (Phi) is 6.92. The highest BCUT2D eigenvalue weighted by molar-refractivity contribution is 9.10. The SMILES string of the molecule is CCc1c(C(=O)NCC2CN(C(=O)c3cc(S(N)(=O)=O)ccc3Br)CC2C)ccn1C. The standard InChI is InChI=1S/C21H27BrN4O4S/c1-4-19-16(7-8-25(19)3)20(27)24-10-14-12-26(11-13(14)2)21(28)17-9-15(31(23,29)30)5-6-18(17)22/h5-9,13-14H,4,10-12H2,1-3H3,(H,24,27)(H2,23,29,30). The summed E-state index contributed by atoms with van der Waals surface area (Å²) in [6, 6.07) is 5.98. The molecule has 2 amide bonds. The molecule has 0 aliphatic carbocycles. The van der Waals surface area contributed by atoms with Crippen molar-refractivity contribution < 1.29 is 18.0 Å². The first-order chi connectivity index (χ1) is 14.5. The first-order valence-corrected chi connectivity index (χ1v) is 12.4. The molecule has 0 saturated carbocycles. The van der Waals surface area contributed by atoms with Crippen LogP contribution < -0.4 is 10.5 Å².